The Bertz CT molecular complexity index is 518. The standard InChI is InChI=1S/C12H15N3O5/c1-2-13-11(18)8-5-7(3-4-14-8)15-9(12(19)20)6-10(16)17/h3-5,9H,2,6H2,1H3,(H,13,18)(H,14,15)(H,16,17)(H,19,20). The van der Waals surface area contributed by atoms with E-state index in [9.17, 15) is 14.4 Å². The number of anilines is 1. The van der Waals surface area contributed by atoms with Gasteiger partial charge in [-0.05, 0) is 19.1 Å². The molecule has 8 heteroatoms. The molecular weight excluding hydrogens is 266 g/mol. The van der Waals surface area contributed by atoms with Crippen LogP contribution >= 0.6 is 0 Å². The third kappa shape index (κ3) is 4.56. The lowest BCUT2D eigenvalue weighted by atomic mass is 10.2. The number of pyridine rings is 1. The zero-order valence-electron chi connectivity index (χ0n) is 10.8. The van der Waals surface area contributed by atoms with Gasteiger partial charge in [0.1, 0.15) is 11.7 Å². The highest BCUT2D eigenvalue weighted by Crippen LogP contribution is 2.11. The van der Waals surface area contributed by atoms with Crippen LogP contribution in [-0.4, -0.2) is 45.6 Å². The summed E-state index contributed by atoms with van der Waals surface area (Å²) < 4.78 is 0. The van der Waals surface area contributed by atoms with Crippen molar-refractivity contribution in [3.8, 4) is 0 Å². The average molecular weight is 281 g/mol. The molecule has 4 N–H and O–H groups in total. The third-order valence-corrected chi connectivity index (χ3v) is 2.35. The molecule has 0 aromatic carbocycles. The van der Waals surface area contributed by atoms with E-state index in [-0.39, 0.29) is 11.6 Å². The van der Waals surface area contributed by atoms with Gasteiger partial charge in [-0.25, -0.2) is 4.79 Å². The van der Waals surface area contributed by atoms with Crippen LogP contribution in [0.3, 0.4) is 0 Å². The molecule has 108 valence electrons. The number of amides is 1. The summed E-state index contributed by atoms with van der Waals surface area (Å²) >= 11 is 0. The van der Waals surface area contributed by atoms with Crippen LogP contribution in [0.1, 0.15) is 23.8 Å². The van der Waals surface area contributed by atoms with Crippen LogP contribution < -0.4 is 10.6 Å². The van der Waals surface area contributed by atoms with Gasteiger partial charge in [-0.3, -0.25) is 14.6 Å². The Morgan fingerprint density at radius 3 is 2.60 bits per heavy atom. The van der Waals surface area contributed by atoms with Crippen molar-refractivity contribution in [2.24, 2.45) is 0 Å². The molecule has 0 spiro atoms. The van der Waals surface area contributed by atoms with Gasteiger partial charge >= 0.3 is 11.9 Å². The Morgan fingerprint density at radius 2 is 2.05 bits per heavy atom. The molecule has 1 amide bonds. The van der Waals surface area contributed by atoms with E-state index in [0.717, 1.165) is 0 Å². The van der Waals surface area contributed by atoms with Crippen molar-refractivity contribution in [1.29, 1.82) is 0 Å². The maximum absolute atomic E-state index is 11.6. The molecule has 0 fully saturated rings. The number of hydrogen-bond donors (Lipinski definition) is 4. The van der Waals surface area contributed by atoms with Gasteiger partial charge in [0, 0.05) is 18.4 Å². The molecule has 0 radical (unpaired) electrons. The molecule has 0 aliphatic carbocycles. The predicted molar refractivity (Wildman–Crippen MR) is 69.5 cm³/mol. The van der Waals surface area contributed by atoms with E-state index in [1.165, 1.54) is 18.3 Å². The van der Waals surface area contributed by atoms with Crippen molar-refractivity contribution < 1.29 is 24.6 Å². The van der Waals surface area contributed by atoms with Gasteiger partial charge in [0.25, 0.3) is 5.91 Å². The summed E-state index contributed by atoms with van der Waals surface area (Å²) in [6.07, 6.45) is 0.765. The van der Waals surface area contributed by atoms with Crippen LogP contribution in [-0.2, 0) is 9.59 Å². The average Bonchev–Trinajstić information content (AvgIpc) is 2.38. The molecule has 1 aromatic rings. The molecule has 1 aromatic heterocycles. The lowest BCUT2D eigenvalue weighted by molar-refractivity contribution is -0.144. The molecule has 0 saturated carbocycles. The highest BCUT2D eigenvalue weighted by Gasteiger charge is 2.21. The fraction of sp³-hybridized carbons (Fsp3) is 0.333. The smallest absolute Gasteiger partial charge is 0.326 e. The lowest BCUT2D eigenvalue weighted by Crippen LogP contribution is -2.32. The molecule has 0 aliphatic heterocycles. The van der Waals surface area contributed by atoms with Crippen molar-refractivity contribution in [1.82, 2.24) is 10.3 Å². The second kappa shape index (κ2) is 7.07. The Kier molecular flexibility index (Phi) is 5.45. The molecule has 20 heavy (non-hydrogen) atoms. The summed E-state index contributed by atoms with van der Waals surface area (Å²) in [5.74, 6) is -2.91. The molecule has 1 atom stereocenters. The Labute approximate surface area is 114 Å². The predicted octanol–water partition coefficient (Wildman–Crippen LogP) is 0.171. The van der Waals surface area contributed by atoms with Crippen molar-refractivity contribution >= 4 is 23.5 Å². The number of hydrogen-bond acceptors (Lipinski definition) is 5. The second-order valence-corrected chi connectivity index (χ2v) is 3.92. The Balaban J connectivity index is 2.85. The maximum Gasteiger partial charge on any atom is 0.326 e. The van der Waals surface area contributed by atoms with Crippen molar-refractivity contribution in [2.45, 2.75) is 19.4 Å². The van der Waals surface area contributed by atoms with Crippen LogP contribution in [0.4, 0.5) is 5.69 Å². The van der Waals surface area contributed by atoms with Gasteiger partial charge in [-0.2, -0.15) is 0 Å². The van der Waals surface area contributed by atoms with E-state index in [1.54, 1.807) is 6.92 Å². The quantitative estimate of drug-likeness (QED) is 0.560. The summed E-state index contributed by atoms with van der Waals surface area (Å²) in [6, 6.07) is 1.54. The SMILES string of the molecule is CCNC(=O)c1cc(NC(CC(=O)O)C(=O)O)ccn1. The molecule has 1 heterocycles. The monoisotopic (exact) mass is 281 g/mol. The van der Waals surface area contributed by atoms with E-state index in [4.69, 9.17) is 10.2 Å². The fourth-order valence-electron chi connectivity index (χ4n) is 1.47. The van der Waals surface area contributed by atoms with Crippen LogP contribution in [0.25, 0.3) is 0 Å². The summed E-state index contributed by atoms with van der Waals surface area (Å²) in [7, 11) is 0. The zero-order valence-corrected chi connectivity index (χ0v) is 10.8. The van der Waals surface area contributed by atoms with Crippen LogP contribution in [0, 0.1) is 0 Å². The van der Waals surface area contributed by atoms with E-state index in [0.29, 0.717) is 12.2 Å². The van der Waals surface area contributed by atoms with Crippen LogP contribution in [0.2, 0.25) is 0 Å². The highest BCUT2D eigenvalue weighted by molar-refractivity contribution is 5.93. The summed E-state index contributed by atoms with van der Waals surface area (Å²) in [5.41, 5.74) is 0.436. The van der Waals surface area contributed by atoms with Gasteiger partial charge in [-0.15, -0.1) is 0 Å². The first-order valence-electron chi connectivity index (χ1n) is 5.89. The number of aliphatic carboxylic acids is 2. The van der Waals surface area contributed by atoms with Gasteiger partial charge in [0.05, 0.1) is 6.42 Å². The summed E-state index contributed by atoms with van der Waals surface area (Å²) in [6.45, 7) is 2.20. The van der Waals surface area contributed by atoms with Crippen molar-refractivity contribution in [3.05, 3.63) is 24.0 Å². The molecule has 1 rings (SSSR count). The largest absolute Gasteiger partial charge is 0.481 e. The normalized spacial score (nSPS) is 11.4. The van der Waals surface area contributed by atoms with Crippen LogP contribution in [0.5, 0.6) is 0 Å². The highest BCUT2D eigenvalue weighted by atomic mass is 16.4. The second-order valence-electron chi connectivity index (χ2n) is 3.92. The van der Waals surface area contributed by atoms with Gasteiger partial charge < -0.3 is 20.8 Å². The van der Waals surface area contributed by atoms with Crippen molar-refractivity contribution in [2.75, 3.05) is 11.9 Å². The number of carboxylic acids is 2. The minimum absolute atomic E-state index is 0.122. The third-order valence-electron chi connectivity index (χ3n) is 2.35. The van der Waals surface area contributed by atoms with Crippen molar-refractivity contribution in [3.63, 3.8) is 0 Å². The number of carbonyl (C=O) groups excluding carboxylic acids is 1. The molecule has 0 saturated heterocycles. The molecule has 0 bridgehead atoms. The first-order chi connectivity index (χ1) is 9.43. The Morgan fingerprint density at radius 1 is 1.35 bits per heavy atom. The topological polar surface area (TPSA) is 129 Å². The molecule has 1 unspecified atom stereocenters. The molecule has 8 nitrogen and oxygen atoms in total. The molecule has 0 aliphatic rings. The van der Waals surface area contributed by atoms with E-state index in [1.807, 2.05) is 0 Å². The van der Waals surface area contributed by atoms with E-state index < -0.39 is 24.4 Å². The number of carbonyl (C=O) groups is 3. The lowest BCUT2D eigenvalue weighted by Gasteiger charge is -2.14. The first kappa shape index (κ1) is 15.4. The van der Waals surface area contributed by atoms with Gasteiger partial charge in [0.15, 0.2) is 0 Å². The van der Waals surface area contributed by atoms with Crippen LogP contribution in [0.15, 0.2) is 18.3 Å². The number of rotatable bonds is 7. The number of nitrogens with one attached hydrogen (secondary N) is 2. The Hall–Kier alpha value is -2.64. The minimum Gasteiger partial charge on any atom is -0.481 e. The zero-order chi connectivity index (χ0) is 15.1. The number of nitrogens with zero attached hydrogens (tertiary/aromatic N) is 1. The first-order valence-corrected chi connectivity index (χ1v) is 5.89. The summed E-state index contributed by atoms with van der Waals surface area (Å²) in [4.78, 5) is 37.0. The maximum atomic E-state index is 11.6. The fourth-order valence-corrected chi connectivity index (χ4v) is 1.47. The van der Waals surface area contributed by atoms with E-state index in [2.05, 4.69) is 15.6 Å². The minimum atomic E-state index is -1.29. The number of aromatic nitrogens is 1. The number of carboxylic acid groups (broad SMARTS) is 2. The molecular formula is C12H15N3O5. The van der Waals surface area contributed by atoms with Gasteiger partial charge in [-0.1, -0.05) is 0 Å². The van der Waals surface area contributed by atoms with E-state index >= 15 is 0 Å². The van der Waals surface area contributed by atoms with Gasteiger partial charge in [0.2, 0.25) is 0 Å². The summed E-state index contributed by atoms with van der Waals surface area (Å²) in [5, 5.41) is 22.7.